The van der Waals surface area contributed by atoms with Crippen LogP contribution >= 0.6 is 27.5 Å². The number of carbonyl (C=O) groups excluding carboxylic acids is 1. The first-order chi connectivity index (χ1) is 8.61. The number of anilines is 1. The Labute approximate surface area is 117 Å². The van der Waals surface area contributed by atoms with Gasteiger partial charge in [0, 0.05) is 17.1 Å². The Bertz CT molecular complexity index is 583. The molecule has 2 rings (SSSR count). The molecule has 0 saturated carbocycles. The molecular formula is C12H10BrClN2O2. The summed E-state index contributed by atoms with van der Waals surface area (Å²) in [6, 6.07) is 3.33. The lowest BCUT2D eigenvalue weighted by Crippen LogP contribution is -2.13. The summed E-state index contributed by atoms with van der Waals surface area (Å²) in [7, 11) is 0. The van der Waals surface area contributed by atoms with E-state index in [4.69, 9.17) is 16.0 Å². The summed E-state index contributed by atoms with van der Waals surface area (Å²) in [5.74, 6) is 0.383. The van der Waals surface area contributed by atoms with Gasteiger partial charge in [-0.05, 0) is 28.1 Å². The molecular weight excluding hydrogens is 320 g/mol. The molecule has 0 unspecified atom stereocenters. The molecule has 6 heteroatoms. The van der Waals surface area contributed by atoms with Crippen LogP contribution in [0.15, 0.2) is 33.5 Å². The Morgan fingerprint density at radius 1 is 1.61 bits per heavy atom. The third-order valence-corrected chi connectivity index (χ3v) is 3.10. The van der Waals surface area contributed by atoms with E-state index >= 15 is 0 Å². The predicted molar refractivity (Wildman–Crippen MR) is 73.0 cm³/mol. The van der Waals surface area contributed by atoms with Gasteiger partial charge in [-0.1, -0.05) is 18.5 Å². The SMILES string of the molecule is CCc1occc1C(=O)Nc1cc(Br)cnc1Cl. The van der Waals surface area contributed by atoms with Crippen LogP contribution in [-0.4, -0.2) is 10.9 Å². The zero-order valence-corrected chi connectivity index (χ0v) is 11.9. The first kappa shape index (κ1) is 13.1. The Morgan fingerprint density at radius 3 is 3.11 bits per heavy atom. The standard InChI is InChI=1S/C12H10BrClN2O2/c1-2-10-8(3-4-18-10)12(17)16-9-5-7(13)6-15-11(9)14/h3-6H,2H2,1H3,(H,16,17). The molecule has 18 heavy (non-hydrogen) atoms. The molecule has 2 heterocycles. The molecule has 0 bridgehead atoms. The molecule has 2 aromatic heterocycles. The van der Waals surface area contributed by atoms with Crippen LogP contribution in [0.1, 0.15) is 23.0 Å². The van der Waals surface area contributed by atoms with Crippen LogP contribution < -0.4 is 5.32 Å². The van der Waals surface area contributed by atoms with Gasteiger partial charge in [0.1, 0.15) is 5.76 Å². The zero-order chi connectivity index (χ0) is 13.1. The maximum absolute atomic E-state index is 12.0. The van der Waals surface area contributed by atoms with Crippen molar-refractivity contribution >= 4 is 39.1 Å². The summed E-state index contributed by atoms with van der Waals surface area (Å²) in [4.78, 5) is 16.0. The zero-order valence-electron chi connectivity index (χ0n) is 9.54. The van der Waals surface area contributed by atoms with Crippen LogP contribution in [-0.2, 0) is 6.42 Å². The van der Waals surface area contributed by atoms with Crippen molar-refractivity contribution in [3.63, 3.8) is 0 Å². The minimum atomic E-state index is -0.262. The molecule has 94 valence electrons. The summed E-state index contributed by atoms with van der Waals surface area (Å²) < 4.78 is 5.95. The Balaban J connectivity index is 2.24. The van der Waals surface area contributed by atoms with E-state index in [0.717, 1.165) is 4.47 Å². The van der Waals surface area contributed by atoms with Crippen LogP contribution in [0, 0.1) is 0 Å². The summed E-state index contributed by atoms with van der Waals surface area (Å²) in [5, 5.41) is 2.95. The smallest absolute Gasteiger partial charge is 0.259 e. The van der Waals surface area contributed by atoms with E-state index in [2.05, 4.69) is 26.2 Å². The molecule has 4 nitrogen and oxygen atoms in total. The highest BCUT2D eigenvalue weighted by molar-refractivity contribution is 9.10. The summed E-state index contributed by atoms with van der Waals surface area (Å²) >= 11 is 9.18. The maximum Gasteiger partial charge on any atom is 0.259 e. The monoisotopic (exact) mass is 328 g/mol. The number of amides is 1. The Morgan fingerprint density at radius 2 is 2.39 bits per heavy atom. The second-order valence-corrected chi connectivity index (χ2v) is 4.83. The number of furan rings is 1. The molecule has 0 aliphatic rings. The molecule has 2 aromatic rings. The molecule has 0 aliphatic heterocycles. The van der Waals surface area contributed by atoms with Crippen molar-refractivity contribution in [3.05, 3.63) is 45.5 Å². The lowest BCUT2D eigenvalue weighted by molar-refractivity contribution is 0.102. The number of aromatic nitrogens is 1. The highest BCUT2D eigenvalue weighted by Crippen LogP contribution is 2.24. The van der Waals surface area contributed by atoms with E-state index in [1.54, 1.807) is 18.3 Å². The van der Waals surface area contributed by atoms with Gasteiger partial charge in [0.15, 0.2) is 5.15 Å². The lowest BCUT2D eigenvalue weighted by atomic mass is 10.2. The number of pyridine rings is 1. The maximum atomic E-state index is 12.0. The number of rotatable bonds is 3. The van der Waals surface area contributed by atoms with Gasteiger partial charge in [0.25, 0.3) is 5.91 Å². The number of hydrogen-bond donors (Lipinski definition) is 1. The molecule has 0 fully saturated rings. The number of aryl methyl sites for hydroxylation is 1. The van der Waals surface area contributed by atoms with Gasteiger partial charge in [0.2, 0.25) is 0 Å². The first-order valence-electron chi connectivity index (χ1n) is 5.30. The largest absolute Gasteiger partial charge is 0.469 e. The molecule has 0 atom stereocenters. The first-order valence-corrected chi connectivity index (χ1v) is 6.47. The number of hydrogen-bond acceptors (Lipinski definition) is 3. The van der Waals surface area contributed by atoms with Crippen LogP contribution in [0.3, 0.4) is 0 Å². The van der Waals surface area contributed by atoms with Gasteiger partial charge < -0.3 is 9.73 Å². The molecule has 0 radical (unpaired) electrons. The van der Waals surface area contributed by atoms with Gasteiger partial charge in [-0.15, -0.1) is 0 Å². The molecule has 1 N–H and O–H groups in total. The predicted octanol–water partition coefficient (Wildman–Crippen LogP) is 3.91. The number of carbonyl (C=O) groups is 1. The molecule has 0 aromatic carbocycles. The Hall–Kier alpha value is -1.33. The highest BCUT2D eigenvalue weighted by Gasteiger charge is 2.15. The quantitative estimate of drug-likeness (QED) is 0.869. The fourth-order valence-corrected chi connectivity index (χ4v) is 2.00. The van der Waals surface area contributed by atoms with E-state index in [9.17, 15) is 4.79 Å². The van der Waals surface area contributed by atoms with E-state index in [1.165, 1.54) is 6.26 Å². The summed E-state index contributed by atoms with van der Waals surface area (Å²) in [6.07, 6.45) is 3.71. The van der Waals surface area contributed by atoms with Crippen molar-refractivity contribution in [1.82, 2.24) is 4.98 Å². The lowest BCUT2D eigenvalue weighted by Gasteiger charge is -2.06. The second-order valence-electron chi connectivity index (χ2n) is 3.56. The van der Waals surface area contributed by atoms with Crippen LogP contribution in [0.2, 0.25) is 5.15 Å². The third kappa shape index (κ3) is 2.73. The average molecular weight is 330 g/mol. The van der Waals surface area contributed by atoms with Gasteiger partial charge in [-0.2, -0.15) is 0 Å². The summed E-state index contributed by atoms with van der Waals surface area (Å²) in [5.41, 5.74) is 0.966. The van der Waals surface area contributed by atoms with Crippen molar-refractivity contribution < 1.29 is 9.21 Å². The fraction of sp³-hybridized carbons (Fsp3) is 0.167. The summed E-state index contributed by atoms with van der Waals surface area (Å²) in [6.45, 7) is 1.92. The number of nitrogens with zero attached hydrogens (tertiary/aromatic N) is 1. The van der Waals surface area contributed by atoms with Gasteiger partial charge in [-0.25, -0.2) is 4.98 Å². The van der Waals surface area contributed by atoms with E-state index in [1.807, 2.05) is 6.92 Å². The van der Waals surface area contributed by atoms with Crippen molar-refractivity contribution in [3.8, 4) is 0 Å². The van der Waals surface area contributed by atoms with Gasteiger partial charge in [0.05, 0.1) is 17.5 Å². The fourth-order valence-electron chi connectivity index (χ4n) is 1.52. The van der Waals surface area contributed by atoms with Crippen molar-refractivity contribution in [2.45, 2.75) is 13.3 Å². The molecule has 1 amide bonds. The van der Waals surface area contributed by atoms with E-state index < -0.39 is 0 Å². The van der Waals surface area contributed by atoms with Crippen LogP contribution in [0.4, 0.5) is 5.69 Å². The molecule has 0 spiro atoms. The number of nitrogens with one attached hydrogen (secondary N) is 1. The van der Waals surface area contributed by atoms with Gasteiger partial charge >= 0.3 is 0 Å². The van der Waals surface area contributed by atoms with E-state index in [-0.39, 0.29) is 11.1 Å². The van der Waals surface area contributed by atoms with Crippen LogP contribution in [0.25, 0.3) is 0 Å². The Kier molecular flexibility index (Phi) is 4.04. The minimum absolute atomic E-state index is 0.244. The minimum Gasteiger partial charge on any atom is -0.469 e. The third-order valence-electron chi connectivity index (χ3n) is 2.37. The van der Waals surface area contributed by atoms with E-state index in [0.29, 0.717) is 23.4 Å². The molecule has 0 saturated heterocycles. The van der Waals surface area contributed by atoms with Gasteiger partial charge in [-0.3, -0.25) is 4.79 Å². The van der Waals surface area contributed by atoms with Crippen molar-refractivity contribution in [1.29, 1.82) is 0 Å². The van der Waals surface area contributed by atoms with Crippen molar-refractivity contribution in [2.75, 3.05) is 5.32 Å². The average Bonchev–Trinajstić information content (AvgIpc) is 2.82. The highest BCUT2D eigenvalue weighted by atomic mass is 79.9. The second kappa shape index (κ2) is 5.54. The van der Waals surface area contributed by atoms with Crippen molar-refractivity contribution in [2.24, 2.45) is 0 Å². The number of halogens is 2. The molecule has 0 aliphatic carbocycles. The van der Waals surface area contributed by atoms with Crippen LogP contribution in [0.5, 0.6) is 0 Å². The topological polar surface area (TPSA) is 55.1 Å². The normalized spacial score (nSPS) is 10.4.